The number of rotatable bonds is 4. The fraction of sp³-hybridized carbons (Fsp3) is 0.667. The Morgan fingerprint density at radius 3 is 2.67 bits per heavy atom. The molecule has 1 rings (SSSR count). The van der Waals surface area contributed by atoms with Crippen molar-refractivity contribution in [3.05, 3.63) is 24.0 Å². The van der Waals surface area contributed by atoms with Crippen LogP contribution in [-0.4, -0.2) is 16.8 Å². The summed E-state index contributed by atoms with van der Waals surface area (Å²) in [4.78, 5) is 0. The first kappa shape index (κ1) is 12.3. The molecule has 3 nitrogen and oxygen atoms in total. The molecule has 0 aliphatic carbocycles. The lowest BCUT2D eigenvalue weighted by Gasteiger charge is -2.20. The molecular weight excluding hydrogens is 188 g/mol. The van der Waals surface area contributed by atoms with Crippen molar-refractivity contribution in [2.45, 2.75) is 45.9 Å². The zero-order valence-corrected chi connectivity index (χ0v) is 10.2. The average molecular weight is 210 g/mol. The van der Waals surface area contributed by atoms with Crippen molar-refractivity contribution in [3.8, 4) is 0 Å². The summed E-state index contributed by atoms with van der Waals surface area (Å²) in [6.07, 6.45) is 2.05. The highest BCUT2D eigenvalue weighted by Gasteiger charge is 2.10. The Balaban J connectivity index is 2.47. The highest BCUT2D eigenvalue weighted by atomic mass is 16.5. The maximum atomic E-state index is 5.85. The Morgan fingerprint density at radius 2 is 2.13 bits per heavy atom. The topological polar surface area (TPSA) is 40.2 Å². The van der Waals surface area contributed by atoms with Gasteiger partial charge < -0.3 is 15.0 Å². The van der Waals surface area contributed by atoms with E-state index in [-0.39, 0.29) is 11.6 Å². The molecule has 0 amide bonds. The minimum atomic E-state index is -0.0678. The monoisotopic (exact) mass is 210 g/mol. The van der Waals surface area contributed by atoms with Crippen LogP contribution in [0.4, 0.5) is 0 Å². The Bertz CT molecular complexity index is 297. The zero-order valence-electron chi connectivity index (χ0n) is 10.2. The van der Waals surface area contributed by atoms with E-state index in [2.05, 4.69) is 31.4 Å². The summed E-state index contributed by atoms with van der Waals surface area (Å²) in [5.74, 6) is 0. The fourth-order valence-corrected chi connectivity index (χ4v) is 1.49. The maximum absolute atomic E-state index is 5.85. The van der Waals surface area contributed by atoms with E-state index in [4.69, 9.17) is 10.5 Å². The molecule has 1 aromatic rings. The Labute approximate surface area is 92.2 Å². The van der Waals surface area contributed by atoms with Crippen LogP contribution in [0.25, 0.3) is 0 Å². The zero-order chi connectivity index (χ0) is 11.5. The summed E-state index contributed by atoms with van der Waals surface area (Å²) in [5, 5.41) is 0. The van der Waals surface area contributed by atoms with Crippen LogP contribution in [0, 0.1) is 0 Å². The van der Waals surface area contributed by atoms with Gasteiger partial charge >= 0.3 is 0 Å². The molecule has 0 spiro atoms. The van der Waals surface area contributed by atoms with E-state index in [0.717, 1.165) is 18.8 Å². The molecule has 0 saturated heterocycles. The number of nitrogens with two attached hydrogens (primary N) is 1. The third-order valence-electron chi connectivity index (χ3n) is 2.20. The Kier molecular flexibility index (Phi) is 3.94. The van der Waals surface area contributed by atoms with Crippen molar-refractivity contribution in [3.63, 3.8) is 0 Å². The molecule has 0 aliphatic heterocycles. The fourth-order valence-electron chi connectivity index (χ4n) is 1.49. The van der Waals surface area contributed by atoms with Crippen molar-refractivity contribution >= 4 is 0 Å². The molecule has 0 saturated carbocycles. The lowest BCUT2D eigenvalue weighted by atomic mass is 10.2. The molecule has 3 heteroatoms. The molecule has 0 radical (unpaired) electrons. The first-order valence-corrected chi connectivity index (χ1v) is 5.45. The van der Waals surface area contributed by atoms with E-state index in [0.29, 0.717) is 0 Å². The van der Waals surface area contributed by atoms with Gasteiger partial charge in [-0.15, -0.1) is 0 Å². The predicted octanol–water partition coefficient (Wildman–Crippen LogP) is 2.32. The Hall–Kier alpha value is -0.800. The van der Waals surface area contributed by atoms with Crippen molar-refractivity contribution < 1.29 is 4.74 Å². The van der Waals surface area contributed by atoms with Gasteiger partial charge in [0.2, 0.25) is 0 Å². The summed E-state index contributed by atoms with van der Waals surface area (Å²) in [7, 11) is 0. The van der Waals surface area contributed by atoms with Crippen molar-refractivity contribution in [1.29, 1.82) is 0 Å². The van der Waals surface area contributed by atoms with Crippen LogP contribution in [0.5, 0.6) is 0 Å². The third-order valence-corrected chi connectivity index (χ3v) is 2.20. The molecule has 86 valence electrons. The molecular formula is C12H22N2O. The molecule has 1 atom stereocenters. The normalized spacial score (nSPS) is 14.2. The van der Waals surface area contributed by atoms with Gasteiger partial charge in [-0.25, -0.2) is 0 Å². The van der Waals surface area contributed by atoms with E-state index in [1.54, 1.807) is 0 Å². The quantitative estimate of drug-likeness (QED) is 0.828. The molecule has 0 bridgehead atoms. The van der Waals surface area contributed by atoms with Crippen molar-refractivity contribution in [2.75, 3.05) is 6.61 Å². The molecule has 0 aromatic carbocycles. The first-order chi connectivity index (χ1) is 6.90. The van der Waals surface area contributed by atoms with Gasteiger partial charge in [-0.05, 0) is 39.8 Å². The van der Waals surface area contributed by atoms with Crippen LogP contribution in [-0.2, 0) is 11.3 Å². The molecule has 0 fully saturated rings. The number of nitrogens with zero attached hydrogens (tertiary/aromatic N) is 1. The van der Waals surface area contributed by atoms with Gasteiger partial charge in [-0.3, -0.25) is 0 Å². The van der Waals surface area contributed by atoms with Gasteiger partial charge in [0.15, 0.2) is 0 Å². The van der Waals surface area contributed by atoms with Gasteiger partial charge in [0.1, 0.15) is 0 Å². The lowest BCUT2D eigenvalue weighted by molar-refractivity contribution is -0.00706. The molecule has 15 heavy (non-hydrogen) atoms. The van der Waals surface area contributed by atoms with Gasteiger partial charge in [-0.1, -0.05) is 0 Å². The molecule has 0 aliphatic rings. The largest absolute Gasteiger partial charge is 0.374 e. The minimum absolute atomic E-state index is 0.0678. The summed E-state index contributed by atoms with van der Waals surface area (Å²) >= 11 is 0. The summed E-state index contributed by atoms with van der Waals surface area (Å²) < 4.78 is 7.82. The van der Waals surface area contributed by atoms with E-state index in [1.165, 1.54) is 0 Å². The van der Waals surface area contributed by atoms with Crippen LogP contribution < -0.4 is 5.73 Å². The highest BCUT2D eigenvalue weighted by molar-refractivity contribution is 5.10. The second-order valence-corrected chi connectivity index (χ2v) is 4.88. The Morgan fingerprint density at radius 1 is 1.47 bits per heavy atom. The number of hydrogen-bond acceptors (Lipinski definition) is 2. The van der Waals surface area contributed by atoms with Crippen LogP contribution in [0.15, 0.2) is 18.3 Å². The molecule has 1 unspecified atom stereocenters. The second-order valence-electron chi connectivity index (χ2n) is 4.88. The number of aromatic nitrogens is 1. The highest BCUT2D eigenvalue weighted by Crippen LogP contribution is 2.12. The smallest absolute Gasteiger partial charge is 0.0652 e. The first-order valence-electron chi connectivity index (χ1n) is 5.45. The van der Waals surface area contributed by atoms with Gasteiger partial charge in [0.25, 0.3) is 0 Å². The maximum Gasteiger partial charge on any atom is 0.0652 e. The summed E-state index contributed by atoms with van der Waals surface area (Å²) in [6, 6.07) is 4.16. The van der Waals surface area contributed by atoms with Gasteiger partial charge in [-0.2, -0.15) is 0 Å². The number of ether oxygens (including phenoxy) is 1. The van der Waals surface area contributed by atoms with Crippen molar-refractivity contribution in [1.82, 2.24) is 4.57 Å². The summed E-state index contributed by atoms with van der Waals surface area (Å²) in [5.41, 5.74) is 6.95. The average Bonchev–Trinajstić information content (AvgIpc) is 2.49. The van der Waals surface area contributed by atoms with E-state index < -0.39 is 0 Å². The number of hydrogen-bond donors (Lipinski definition) is 1. The minimum Gasteiger partial charge on any atom is -0.374 e. The summed E-state index contributed by atoms with van der Waals surface area (Å²) in [6.45, 7) is 9.77. The second kappa shape index (κ2) is 4.81. The van der Waals surface area contributed by atoms with Crippen LogP contribution in [0.3, 0.4) is 0 Å². The predicted molar refractivity (Wildman–Crippen MR) is 62.7 cm³/mol. The standard InChI is InChI=1S/C12H22N2O/c1-10(13)11-6-5-7-14(11)8-9-15-12(2,3)4/h5-7,10H,8-9,13H2,1-4H3. The van der Waals surface area contributed by atoms with Gasteiger partial charge in [0.05, 0.1) is 12.2 Å². The lowest BCUT2D eigenvalue weighted by Crippen LogP contribution is -2.22. The van der Waals surface area contributed by atoms with Crippen molar-refractivity contribution in [2.24, 2.45) is 5.73 Å². The van der Waals surface area contributed by atoms with Gasteiger partial charge in [0, 0.05) is 24.5 Å². The third kappa shape index (κ3) is 4.06. The van der Waals surface area contributed by atoms with E-state index >= 15 is 0 Å². The van der Waals surface area contributed by atoms with Crippen LogP contribution >= 0.6 is 0 Å². The van der Waals surface area contributed by atoms with Crippen LogP contribution in [0.1, 0.15) is 39.4 Å². The van der Waals surface area contributed by atoms with Crippen LogP contribution in [0.2, 0.25) is 0 Å². The molecule has 2 N–H and O–H groups in total. The molecule has 1 aromatic heterocycles. The SMILES string of the molecule is CC(N)c1cccn1CCOC(C)(C)C. The van der Waals surface area contributed by atoms with E-state index in [1.807, 2.05) is 19.2 Å². The molecule has 1 heterocycles. The van der Waals surface area contributed by atoms with E-state index in [9.17, 15) is 0 Å².